The molecule has 1 aliphatic heterocycles. The van der Waals surface area contributed by atoms with Gasteiger partial charge >= 0.3 is 0 Å². The Balaban J connectivity index is 2.38. The van der Waals surface area contributed by atoms with Crippen LogP contribution in [-0.4, -0.2) is 23.9 Å². The van der Waals surface area contributed by atoms with Gasteiger partial charge in [0, 0.05) is 6.54 Å². The Morgan fingerprint density at radius 1 is 1.89 bits per heavy atom. The zero-order valence-corrected chi connectivity index (χ0v) is 7.02. The van der Waals surface area contributed by atoms with Gasteiger partial charge < -0.3 is 4.74 Å². The van der Waals surface area contributed by atoms with Gasteiger partial charge in [-0.15, -0.1) is 0 Å². The number of rotatable bonds is 1. The van der Waals surface area contributed by atoms with E-state index in [1.165, 1.54) is 0 Å². The summed E-state index contributed by atoms with van der Waals surface area (Å²) in [6.07, 6.45) is 1.08. The van der Waals surface area contributed by atoms with Gasteiger partial charge in [-0.05, 0) is 13.3 Å². The van der Waals surface area contributed by atoms with Crippen LogP contribution in [0.4, 0.5) is 0 Å². The molecule has 0 aromatic rings. The van der Waals surface area contributed by atoms with E-state index in [0.29, 0.717) is 4.83 Å². The lowest BCUT2D eigenvalue weighted by atomic mass is 10.4. The smallest absolute Gasteiger partial charge is 0.197 e. The van der Waals surface area contributed by atoms with E-state index in [9.17, 15) is 0 Å². The third-order valence-corrected chi connectivity index (χ3v) is 2.06. The second-order valence-electron chi connectivity index (χ2n) is 1.91. The van der Waals surface area contributed by atoms with Crippen molar-refractivity contribution in [2.24, 2.45) is 4.99 Å². The molecule has 1 aliphatic rings. The molecule has 0 fully saturated rings. The zero-order valence-electron chi connectivity index (χ0n) is 5.43. The molecule has 2 nitrogen and oxygen atoms in total. The average Bonchev–Trinajstić information content (AvgIpc) is 2.18. The number of hydrogen-bond donors (Lipinski definition) is 0. The van der Waals surface area contributed by atoms with Gasteiger partial charge in [-0.3, -0.25) is 4.99 Å². The van der Waals surface area contributed by atoms with Crippen molar-refractivity contribution in [2.45, 2.75) is 18.2 Å². The van der Waals surface area contributed by atoms with Crippen LogP contribution in [0.5, 0.6) is 0 Å². The molecule has 0 amide bonds. The highest BCUT2D eigenvalue weighted by Crippen LogP contribution is 2.14. The number of aliphatic imine (C=N–C) groups is 1. The van der Waals surface area contributed by atoms with E-state index < -0.39 is 0 Å². The second kappa shape index (κ2) is 3.20. The topological polar surface area (TPSA) is 21.6 Å². The van der Waals surface area contributed by atoms with Gasteiger partial charge in [0.2, 0.25) is 0 Å². The first kappa shape index (κ1) is 7.06. The van der Waals surface area contributed by atoms with Crippen LogP contribution in [0.3, 0.4) is 0 Å². The zero-order chi connectivity index (χ0) is 6.69. The maximum Gasteiger partial charge on any atom is 0.197 e. The molecule has 9 heavy (non-hydrogen) atoms. The molecule has 0 spiro atoms. The molecule has 1 rings (SSSR count). The van der Waals surface area contributed by atoms with Crippen LogP contribution >= 0.6 is 15.9 Å². The van der Waals surface area contributed by atoms with Gasteiger partial charge in [0.15, 0.2) is 5.90 Å². The summed E-state index contributed by atoms with van der Waals surface area (Å²) in [4.78, 5) is 4.53. The molecule has 0 radical (unpaired) electrons. The fraction of sp³-hybridized carbons (Fsp3) is 0.833. The Morgan fingerprint density at radius 3 is 3.11 bits per heavy atom. The van der Waals surface area contributed by atoms with Gasteiger partial charge in [0.1, 0.15) is 0 Å². The minimum absolute atomic E-state index is 0.373. The van der Waals surface area contributed by atoms with Crippen LogP contribution in [0.25, 0.3) is 0 Å². The highest BCUT2D eigenvalue weighted by molar-refractivity contribution is 9.10. The van der Waals surface area contributed by atoms with E-state index in [1.807, 2.05) is 6.92 Å². The van der Waals surface area contributed by atoms with Crippen LogP contribution in [0.1, 0.15) is 13.3 Å². The van der Waals surface area contributed by atoms with Crippen molar-refractivity contribution in [1.29, 1.82) is 0 Å². The summed E-state index contributed by atoms with van der Waals surface area (Å²) < 4.78 is 5.22. The minimum Gasteiger partial charge on any atom is -0.480 e. The van der Waals surface area contributed by atoms with Crippen LogP contribution in [0.2, 0.25) is 0 Å². The van der Waals surface area contributed by atoms with E-state index in [4.69, 9.17) is 4.74 Å². The first-order chi connectivity index (χ1) is 4.34. The maximum atomic E-state index is 5.22. The molecule has 0 aliphatic carbocycles. The van der Waals surface area contributed by atoms with Crippen molar-refractivity contribution in [1.82, 2.24) is 0 Å². The van der Waals surface area contributed by atoms with Crippen molar-refractivity contribution in [3.63, 3.8) is 0 Å². The van der Waals surface area contributed by atoms with Gasteiger partial charge in [-0.2, -0.15) is 0 Å². The summed E-state index contributed by atoms with van der Waals surface area (Å²) in [6, 6.07) is 0. The summed E-state index contributed by atoms with van der Waals surface area (Å²) in [6.45, 7) is 3.60. The molecular weight excluding hydrogens is 182 g/mol. The van der Waals surface area contributed by atoms with Crippen molar-refractivity contribution in [3.8, 4) is 0 Å². The lowest BCUT2D eigenvalue weighted by molar-refractivity contribution is 0.322. The van der Waals surface area contributed by atoms with E-state index in [2.05, 4.69) is 20.9 Å². The Kier molecular flexibility index (Phi) is 2.51. The highest BCUT2D eigenvalue weighted by atomic mass is 79.9. The van der Waals surface area contributed by atoms with Gasteiger partial charge in [-0.1, -0.05) is 15.9 Å². The molecule has 1 atom stereocenters. The van der Waals surface area contributed by atoms with Crippen LogP contribution < -0.4 is 0 Å². The molecule has 0 unspecified atom stereocenters. The lowest BCUT2D eigenvalue weighted by Crippen LogP contribution is -2.12. The molecule has 0 saturated carbocycles. The third-order valence-electron chi connectivity index (χ3n) is 1.21. The van der Waals surface area contributed by atoms with E-state index >= 15 is 0 Å². The van der Waals surface area contributed by atoms with Crippen molar-refractivity contribution in [3.05, 3.63) is 0 Å². The lowest BCUT2D eigenvalue weighted by Gasteiger charge is -2.04. The average molecular weight is 192 g/mol. The summed E-state index contributed by atoms with van der Waals surface area (Å²) in [5.41, 5.74) is 0. The predicted molar refractivity (Wildman–Crippen MR) is 41.3 cm³/mol. The summed E-state index contributed by atoms with van der Waals surface area (Å²) in [5.74, 6) is 0.873. The van der Waals surface area contributed by atoms with Crippen LogP contribution in [0.15, 0.2) is 4.99 Å². The number of hydrogen-bond acceptors (Lipinski definition) is 2. The van der Waals surface area contributed by atoms with Crippen molar-refractivity contribution < 1.29 is 4.74 Å². The number of alkyl halides is 1. The predicted octanol–water partition coefficient (Wildman–Crippen LogP) is 1.59. The molecule has 0 aromatic carbocycles. The number of ether oxygens (including phenoxy) is 1. The fourth-order valence-corrected chi connectivity index (χ4v) is 1.28. The van der Waals surface area contributed by atoms with Gasteiger partial charge in [-0.25, -0.2) is 0 Å². The highest BCUT2D eigenvalue weighted by Gasteiger charge is 2.18. The van der Waals surface area contributed by atoms with Crippen LogP contribution in [-0.2, 0) is 4.74 Å². The first-order valence-corrected chi connectivity index (χ1v) is 4.07. The Labute approximate surface area is 63.4 Å². The van der Waals surface area contributed by atoms with Gasteiger partial charge in [0.25, 0.3) is 0 Å². The SMILES string of the molecule is CCOC1=NCC[C@@H]1Br. The normalized spacial score (nSPS) is 26.0. The molecule has 0 bridgehead atoms. The minimum atomic E-state index is 0.373. The van der Waals surface area contributed by atoms with E-state index in [1.54, 1.807) is 0 Å². The first-order valence-electron chi connectivity index (χ1n) is 3.15. The molecule has 0 N–H and O–H groups in total. The quantitative estimate of drug-likeness (QED) is 0.578. The summed E-state index contributed by atoms with van der Waals surface area (Å²) in [5, 5.41) is 0. The van der Waals surface area contributed by atoms with Gasteiger partial charge in [0.05, 0.1) is 11.4 Å². The summed E-state index contributed by atoms with van der Waals surface area (Å²) in [7, 11) is 0. The monoisotopic (exact) mass is 191 g/mol. The van der Waals surface area contributed by atoms with E-state index in [0.717, 1.165) is 25.5 Å². The molecule has 0 aromatic heterocycles. The molecule has 1 heterocycles. The largest absolute Gasteiger partial charge is 0.480 e. The Bertz CT molecular complexity index is 124. The Hall–Kier alpha value is -0.0500. The molecule has 52 valence electrons. The summed E-state index contributed by atoms with van der Waals surface area (Å²) >= 11 is 3.45. The molecule has 0 saturated heterocycles. The molecule has 3 heteroatoms. The number of nitrogens with zero attached hydrogens (tertiary/aromatic N) is 1. The second-order valence-corrected chi connectivity index (χ2v) is 3.01. The number of halogens is 1. The maximum absolute atomic E-state index is 5.22. The fourth-order valence-electron chi connectivity index (χ4n) is 0.795. The van der Waals surface area contributed by atoms with Crippen molar-refractivity contribution in [2.75, 3.05) is 13.2 Å². The molecular formula is C6H10BrNO. The van der Waals surface area contributed by atoms with Crippen molar-refractivity contribution >= 4 is 21.8 Å². The van der Waals surface area contributed by atoms with E-state index in [-0.39, 0.29) is 0 Å². The standard InChI is InChI=1S/C6H10BrNO/c1-2-9-6-5(7)3-4-8-6/h5H,2-4H2,1H3/t5-/m0/s1. The van der Waals surface area contributed by atoms with Crippen LogP contribution in [0, 0.1) is 0 Å². The Morgan fingerprint density at radius 2 is 2.67 bits per heavy atom. The third kappa shape index (κ3) is 1.68.